The zero-order valence-electron chi connectivity index (χ0n) is 5.33. The van der Waals surface area contributed by atoms with Gasteiger partial charge >= 0.3 is 5.97 Å². The van der Waals surface area contributed by atoms with Crippen LogP contribution in [0, 0.1) is 0 Å². The fourth-order valence-corrected chi connectivity index (χ4v) is 1.37. The highest BCUT2D eigenvalue weighted by atomic mass is 32.2. The summed E-state index contributed by atoms with van der Waals surface area (Å²) in [6.45, 7) is 3.58. The lowest BCUT2D eigenvalue weighted by Crippen LogP contribution is -2.19. The van der Waals surface area contributed by atoms with Crippen LogP contribution < -0.4 is 0 Å². The Morgan fingerprint density at radius 3 is 2.90 bits per heavy atom. The Morgan fingerprint density at radius 2 is 2.50 bits per heavy atom. The number of rotatable bonds is 1. The maximum atomic E-state index is 10.4. The van der Waals surface area contributed by atoms with E-state index in [4.69, 9.17) is 5.11 Å². The van der Waals surface area contributed by atoms with Crippen molar-refractivity contribution in [2.75, 3.05) is 11.6 Å². The molecule has 4 heteroatoms. The zero-order valence-corrected chi connectivity index (χ0v) is 6.15. The van der Waals surface area contributed by atoms with Crippen LogP contribution >= 0.6 is 11.8 Å². The van der Waals surface area contributed by atoms with Crippen molar-refractivity contribution in [3.05, 3.63) is 12.2 Å². The number of thioether (sulfide) groups is 1. The molecule has 0 aromatic rings. The molecule has 3 nitrogen and oxygen atoms in total. The van der Waals surface area contributed by atoms with Gasteiger partial charge in [-0.15, -0.1) is 11.8 Å². The second-order valence-corrected chi connectivity index (χ2v) is 2.85. The number of hydrogen-bond donors (Lipinski definition) is 1. The van der Waals surface area contributed by atoms with Gasteiger partial charge in [0.05, 0.1) is 5.88 Å². The van der Waals surface area contributed by atoms with Crippen molar-refractivity contribution in [3.63, 3.8) is 0 Å². The number of hydrogen-bond acceptors (Lipinski definition) is 3. The summed E-state index contributed by atoms with van der Waals surface area (Å²) >= 11 is 1.57. The largest absolute Gasteiger partial charge is 0.477 e. The molecule has 0 saturated carbocycles. The van der Waals surface area contributed by atoms with E-state index in [0.29, 0.717) is 17.2 Å². The molecule has 0 spiro atoms. The van der Waals surface area contributed by atoms with Crippen LogP contribution in [0.5, 0.6) is 0 Å². The number of aliphatic carboxylic acids is 1. The van der Waals surface area contributed by atoms with Gasteiger partial charge in [-0.2, -0.15) is 0 Å². The summed E-state index contributed by atoms with van der Waals surface area (Å²) in [5.41, 5.74) is 0.752. The molecule has 1 aliphatic rings. The third-order valence-electron chi connectivity index (χ3n) is 1.13. The second kappa shape index (κ2) is 2.88. The van der Waals surface area contributed by atoms with Gasteiger partial charge in [0.25, 0.3) is 0 Å². The van der Waals surface area contributed by atoms with Gasteiger partial charge in [0.15, 0.2) is 0 Å². The summed E-state index contributed by atoms with van der Waals surface area (Å²) in [6, 6.07) is 0. The average molecular weight is 157 g/mol. The SMILES string of the molecule is C=C1CSCN=C1C(=O)O. The number of carboxylic acid groups (broad SMARTS) is 1. The highest BCUT2D eigenvalue weighted by Crippen LogP contribution is 2.14. The van der Waals surface area contributed by atoms with Crippen LogP contribution in [0.2, 0.25) is 0 Å². The molecule has 1 heterocycles. The van der Waals surface area contributed by atoms with Gasteiger partial charge in [0, 0.05) is 5.75 Å². The number of aliphatic imine (C=N–C) groups is 1. The quantitative estimate of drug-likeness (QED) is 0.611. The maximum Gasteiger partial charge on any atom is 0.354 e. The van der Waals surface area contributed by atoms with Crippen LogP contribution in [0.1, 0.15) is 0 Å². The summed E-state index contributed by atoms with van der Waals surface area (Å²) in [6.07, 6.45) is 0. The van der Waals surface area contributed by atoms with E-state index < -0.39 is 5.97 Å². The zero-order chi connectivity index (χ0) is 7.56. The predicted molar refractivity (Wildman–Crippen MR) is 41.5 cm³/mol. The van der Waals surface area contributed by atoms with Crippen molar-refractivity contribution in [3.8, 4) is 0 Å². The minimum atomic E-state index is -0.967. The average Bonchev–Trinajstić information content (AvgIpc) is 1.88. The molecular formula is C6H7NO2S. The highest BCUT2D eigenvalue weighted by molar-refractivity contribution is 7.99. The standard InChI is InChI=1S/C6H7NO2S/c1-4-2-10-3-7-5(4)6(8)9/h1-3H2,(H,8,9). The van der Waals surface area contributed by atoms with Crippen molar-refractivity contribution in [1.29, 1.82) is 0 Å². The topological polar surface area (TPSA) is 49.7 Å². The Bertz CT molecular complexity index is 210. The van der Waals surface area contributed by atoms with Gasteiger partial charge in [-0.1, -0.05) is 6.58 Å². The van der Waals surface area contributed by atoms with Gasteiger partial charge < -0.3 is 5.11 Å². The summed E-state index contributed by atoms with van der Waals surface area (Å²) in [7, 11) is 0. The third-order valence-corrected chi connectivity index (χ3v) is 1.99. The van der Waals surface area contributed by atoms with E-state index in [0.717, 1.165) is 0 Å². The first-order chi connectivity index (χ1) is 4.72. The van der Waals surface area contributed by atoms with Crippen molar-refractivity contribution in [2.45, 2.75) is 0 Å². The molecule has 1 N–H and O–H groups in total. The minimum Gasteiger partial charge on any atom is -0.477 e. The fourth-order valence-electron chi connectivity index (χ4n) is 0.678. The van der Waals surface area contributed by atoms with Gasteiger partial charge in [0.2, 0.25) is 0 Å². The van der Waals surface area contributed by atoms with Crippen molar-refractivity contribution >= 4 is 23.4 Å². The molecule has 0 fully saturated rings. The Kier molecular flexibility index (Phi) is 2.11. The van der Waals surface area contributed by atoms with E-state index >= 15 is 0 Å². The minimum absolute atomic E-state index is 0.138. The molecular weight excluding hydrogens is 150 g/mol. The summed E-state index contributed by atoms with van der Waals surface area (Å²) in [4.78, 5) is 14.2. The lowest BCUT2D eigenvalue weighted by Gasteiger charge is -2.09. The summed E-state index contributed by atoms with van der Waals surface area (Å²) in [5, 5.41) is 8.51. The van der Waals surface area contributed by atoms with E-state index in [1.54, 1.807) is 11.8 Å². The Morgan fingerprint density at radius 1 is 1.80 bits per heavy atom. The maximum absolute atomic E-state index is 10.4. The second-order valence-electron chi connectivity index (χ2n) is 1.89. The van der Waals surface area contributed by atoms with E-state index in [1.807, 2.05) is 0 Å². The Balaban J connectivity index is 2.81. The predicted octanol–water partition coefficient (Wildman–Crippen LogP) is 0.772. The van der Waals surface area contributed by atoms with Crippen LogP contribution in [-0.4, -0.2) is 28.4 Å². The van der Waals surface area contributed by atoms with Crippen LogP contribution in [0.15, 0.2) is 17.1 Å². The van der Waals surface area contributed by atoms with Crippen LogP contribution in [-0.2, 0) is 4.79 Å². The summed E-state index contributed by atoms with van der Waals surface area (Å²) < 4.78 is 0. The smallest absolute Gasteiger partial charge is 0.354 e. The van der Waals surface area contributed by atoms with Gasteiger partial charge in [-0.3, -0.25) is 4.99 Å². The lowest BCUT2D eigenvalue weighted by molar-refractivity contribution is -0.129. The van der Waals surface area contributed by atoms with Gasteiger partial charge in [-0.25, -0.2) is 4.79 Å². The first-order valence-electron chi connectivity index (χ1n) is 2.75. The molecule has 0 radical (unpaired) electrons. The van der Waals surface area contributed by atoms with E-state index in [-0.39, 0.29) is 5.71 Å². The molecule has 0 atom stereocenters. The van der Waals surface area contributed by atoms with Crippen LogP contribution in [0.3, 0.4) is 0 Å². The molecule has 0 aromatic carbocycles. The molecule has 54 valence electrons. The number of carbonyl (C=O) groups is 1. The van der Waals surface area contributed by atoms with E-state index in [1.165, 1.54) is 0 Å². The van der Waals surface area contributed by atoms with Crippen LogP contribution in [0.4, 0.5) is 0 Å². The molecule has 0 saturated heterocycles. The molecule has 0 aliphatic carbocycles. The molecule has 0 unspecified atom stereocenters. The normalized spacial score (nSPS) is 18.4. The first kappa shape index (κ1) is 7.34. The van der Waals surface area contributed by atoms with E-state index in [2.05, 4.69) is 11.6 Å². The Labute approximate surface area is 62.8 Å². The van der Waals surface area contributed by atoms with Crippen LogP contribution in [0.25, 0.3) is 0 Å². The van der Waals surface area contributed by atoms with Crippen molar-refractivity contribution < 1.29 is 9.90 Å². The number of nitrogens with zero attached hydrogens (tertiary/aromatic N) is 1. The lowest BCUT2D eigenvalue weighted by atomic mass is 10.2. The monoisotopic (exact) mass is 157 g/mol. The number of carboxylic acids is 1. The molecule has 0 aromatic heterocycles. The molecule has 1 rings (SSSR count). The molecule has 0 amide bonds. The van der Waals surface area contributed by atoms with Gasteiger partial charge in [-0.05, 0) is 5.57 Å². The fraction of sp³-hybridized carbons (Fsp3) is 0.333. The Hall–Kier alpha value is -0.770. The molecule has 10 heavy (non-hydrogen) atoms. The van der Waals surface area contributed by atoms with Gasteiger partial charge in [0.1, 0.15) is 5.71 Å². The molecule has 1 aliphatic heterocycles. The van der Waals surface area contributed by atoms with Crippen molar-refractivity contribution in [2.24, 2.45) is 4.99 Å². The van der Waals surface area contributed by atoms with Crippen molar-refractivity contribution in [1.82, 2.24) is 0 Å². The molecule has 0 bridgehead atoms. The third kappa shape index (κ3) is 1.39. The highest BCUT2D eigenvalue weighted by Gasteiger charge is 2.15. The first-order valence-corrected chi connectivity index (χ1v) is 3.91. The van der Waals surface area contributed by atoms with E-state index in [9.17, 15) is 4.79 Å². The summed E-state index contributed by atoms with van der Waals surface area (Å²) in [5.74, 6) is 0.261.